The van der Waals surface area contributed by atoms with E-state index in [0.717, 1.165) is 4.90 Å². The van der Waals surface area contributed by atoms with Gasteiger partial charge in [0.2, 0.25) is 5.91 Å². The highest BCUT2D eigenvalue weighted by molar-refractivity contribution is 7.99. The van der Waals surface area contributed by atoms with Crippen LogP contribution in [-0.2, 0) is 4.79 Å². The number of carbonyl (C=O) groups excluding carboxylic acids is 1. The Morgan fingerprint density at radius 2 is 1.83 bits per heavy atom. The van der Waals surface area contributed by atoms with Crippen LogP contribution in [0.1, 0.15) is 18.6 Å². The molecule has 0 saturated carbocycles. The molecule has 0 bridgehead atoms. The van der Waals surface area contributed by atoms with Gasteiger partial charge in [-0.15, -0.1) is 11.8 Å². The van der Waals surface area contributed by atoms with Crippen molar-refractivity contribution in [2.75, 3.05) is 12.3 Å². The second-order valence-electron chi connectivity index (χ2n) is 5.34. The standard InChI is InChI=1S/C18H20FNO2S/c1-13(12-23-16-5-3-2-4-6-16)18(22)20-11-17(21)14-7-9-15(19)10-8-14/h2-10,13,17,21H,11-12H2,1H3,(H,20,22). The number of aliphatic hydroxyl groups is 1. The van der Waals surface area contributed by atoms with E-state index < -0.39 is 6.10 Å². The van der Waals surface area contributed by atoms with Gasteiger partial charge in [-0.2, -0.15) is 0 Å². The Kier molecular flexibility index (Phi) is 6.62. The Morgan fingerprint density at radius 3 is 2.48 bits per heavy atom. The SMILES string of the molecule is CC(CSc1ccccc1)C(=O)NCC(O)c1ccc(F)cc1. The van der Waals surface area contributed by atoms with Crippen molar-refractivity contribution in [3.63, 3.8) is 0 Å². The summed E-state index contributed by atoms with van der Waals surface area (Å²) >= 11 is 1.62. The lowest BCUT2D eigenvalue weighted by Gasteiger charge is -2.15. The minimum atomic E-state index is -0.839. The first-order chi connectivity index (χ1) is 11.1. The van der Waals surface area contributed by atoms with E-state index in [9.17, 15) is 14.3 Å². The molecule has 2 atom stereocenters. The van der Waals surface area contributed by atoms with Crippen molar-refractivity contribution in [3.8, 4) is 0 Å². The topological polar surface area (TPSA) is 49.3 Å². The molecule has 1 amide bonds. The van der Waals surface area contributed by atoms with E-state index in [0.29, 0.717) is 11.3 Å². The summed E-state index contributed by atoms with van der Waals surface area (Å²) in [4.78, 5) is 13.2. The van der Waals surface area contributed by atoms with Gasteiger partial charge < -0.3 is 10.4 Å². The van der Waals surface area contributed by atoms with E-state index in [1.54, 1.807) is 11.8 Å². The number of hydrogen-bond acceptors (Lipinski definition) is 3. The fourth-order valence-corrected chi connectivity index (χ4v) is 2.93. The normalized spacial score (nSPS) is 13.3. The molecule has 2 unspecified atom stereocenters. The van der Waals surface area contributed by atoms with Crippen LogP contribution in [0.15, 0.2) is 59.5 Å². The highest BCUT2D eigenvalue weighted by atomic mass is 32.2. The van der Waals surface area contributed by atoms with Crippen LogP contribution in [0.2, 0.25) is 0 Å². The lowest BCUT2D eigenvalue weighted by Crippen LogP contribution is -2.33. The van der Waals surface area contributed by atoms with Gasteiger partial charge in [-0.05, 0) is 29.8 Å². The predicted octanol–water partition coefficient (Wildman–Crippen LogP) is 3.40. The van der Waals surface area contributed by atoms with Crippen molar-refractivity contribution in [1.29, 1.82) is 0 Å². The summed E-state index contributed by atoms with van der Waals surface area (Å²) in [5, 5.41) is 12.7. The monoisotopic (exact) mass is 333 g/mol. The summed E-state index contributed by atoms with van der Waals surface area (Å²) in [7, 11) is 0. The average Bonchev–Trinajstić information content (AvgIpc) is 2.58. The highest BCUT2D eigenvalue weighted by Gasteiger charge is 2.15. The fourth-order valence-electron chi connectivity index (χ4n) is 1.99. The van der Waals surface area contributed by atoms with Crippen molar-refractivity contribution in [2.45, 2.75) is 17.9 Å². The number of thioether (sulfide) groups is 1. The van der Waals surface area contributed by atoms with E-state index in [-0.39, 0.29) is 24.2 Å². The molecular weight excluding hydrogens is 313 g/mol. The number of carbonyl (C=O) groups is 1. The Labute approximate surface area is 139 Å². The van der Waals surface area contributed by atoms with Crippen LogP contribution in [0, 0.1) is 11.7 Å². The van der Waals surface area contributed by atoms with Crippen LogP contribution < -0.4 is 5.32 Å². The fraction of sp³-hybridized carbons (Fsp3) is 0.278. The van der Waals surface area contributed by atoms with Gasteiger partial charge in [-0.25, -0.2) is 4.39 Å². The quantitative estimate of drug-likeness (QED) is 0.764. The third-order valence-electron chi connectivity index (χ3n) is 3.42. The van der Waals surface area contributed by atoms with Crippen molar-refractivity contribution in [2.24, 2.45) is 5.92 Å². The summed E-state index contributed by atoms with van der Waals surface area (Å²) in [5.74, 6) is 0.0504. The van der Waals surface area contributed by atoms with E-state index in [4.69, 9.17) is 0 Å². The number of hydrogen-bond donors (Lipinski definition) is 2. The van der Waals surface area contributed by atoms with Crippen LogP contribution in [0.25, 0.3) is 0 Å². The Hall–Kier alpha value is -1.85. The lowest BCUT2D eigenvalue weighted by atomic mass is 10.1. The molecule has 0 spiro atoms. The molecular formula is C18H20FNO2S. The average molecular weight is 333 g/mol. The zero-order valence-corrected chi connectivity index (χ0v) is 13.7. The first kappa shape index (κ1) is 17.5. The summed E-state index contributed by atoms with van der Waals surface area (Å²) in [6.07, 6.45) is -0.839. The summed E-state index contributed by atoms with van der Waals surface area (Å²) < 4.78 is 12.8. The van der Waals surface area contributed by atoms with Crippen LogP contribution in [0.3, 0.4) is 0 Å². The highest BCUT2D eigenvalue weighted by Crippen LogP contribution is 2.20. The van der Waals surface area contributed by atoms with Gasteiger partial charge in [0, 0.05) is 23.1 Å². The third-order valence-corrected chi connectivity index (χ3v) is 4.69. The van der Waals surface area contributed by atoms with Gasteiger partial charge in [-0.1, -0.05) is 37.3 Å². The molecule has 2 aromatic carbocycles. The van der Waals surface area contributed by atoms with Gasteiger partial charge in [0.15, 0.2) is 0 Å². The van der Waals surface area contributed by atoms with Gasteiger partial charge in [0.25, 0.3) is 0 Å². The predicted molar refractivity (Wildman–Crippen MR) is 90.7 cm³/mol. The third kappa shape index (κ3) is 5.69. The summed E-state index contributed by atoms with van der Waals surface area (Å²) in [5.41, 5.74) is 0.581. The van der Waals surface area contributed by atoms with Crippen molar-refractivity contribution in [1.82, 2.24) is 5.32 Å². The molecule has 0 aromatic heterocycles. The first-order valence-corrected chi connectivity index (χ1v) is 8.44. The molecule has 0 radical (unpaired) electrons. The molecule has 0 aliphatic rings. The molecule has 2 N–H and O–H groups in total. The first-order valence-electron chi connectivity index (χ1n) is 7.45. The Balaban J connectivity index is 1.76. The minimum absolute atomic E-state index is 0.102. The number of nitrogens with one attached hydrogen (secondary N) is 1. The Morgan fingerprint density at radius 1 is 1.17 bits per heavy atom. The second kappa shape index (κ2) is 8.70. The maximum Gasteiger partial charge on any atom is 0.223 e. The van der Waals surface area contributed by atoms with Gasteiger partial charge in [0.05, 0.1) is 6.10 Å². The zero-order valence-electron chi connectivity index (χ0n) is 12.9. The second-order valence-corrected chi connectivity index (χ2v) is 6.43. The molecule has 2 aromatic rings. The van der Waals surface area contributed by atoms with E-state index in [1.165, 1.54) is 24.3 Å². The lowest BCUT2D eigenvalue weighted by molar-refractivity contribution is -0.124. The van der Waals surface area contributed by atoms with E-state index >= 15 is 0 Å². The minimum Gasteiger partial charge on any atom is -0.387 e. The van der Waals surface area contributed by atoms with E-state index in [1.807, 2.05) is 37.3 Å². The molecule has 23 heavy (non-hydrogen) atoms. The van der Waals surface area contributed by atoms with Crippen LogP contribution >= 0.6 is 11.8 Å². The zero-order chi connectivity index (χ0) is 16.7. The van der Waals surface area contributed by atoms with Crippen LogP contribution in [0.4, 0.5) is 4.39 Å². The van der Waals surface area contributed by atoms with Gasteiger partial charge in [-0.3, -0.25) is 4.79 Å². The maximum absolute atomic E-state index is 12.8. The Bertz CT molecular complexity index is 619. The molecule has 0 aliphatic carbocycles. The smallest absolute Gasteiger partial charge is 0.223 e. The number of halogens is 1. The van der Waals surface area contributed by atoms with E-state index in [2.05, 4.69) is 5.32 Å². The molecule has 0 heterocycles. The van der Waals surface area contributed by atoms with Crippen molar-refractivity contribution < 1.29 is 14.3 Å². The van der Waals surface area contributed by atoms with Gasteiger partial charge in [0.1, 0.15) is 5.82 Å². The van der Waals surface area contributed by atoms with Crippen molar-refractivity contribution in [3.05, 3.63) is 66.0 Å². The molecule has 0 aliphatic heterocycles. The molecule has 0 saturated heterocycles. The van der Waals surface area contributed by atoms with Crippen molar-refractivity contribution >= 4 is 17.7 Å². The summed E-state index contributed by atoms with van der Waals surface area (Å²) in [6.45, 7) is 1.97. The van der Waals surface area contributed by atoms with Crippen LogP contribution in [0.5, 0.6) is 0 Å². The molecule has 122 valence electrons. The molecule has 3 nitrogen and oxygen atoms in total. The number of amides is 1. The van der Waals surface area contributed by atoms with Crippen LogP contribution in [-0.4, -0.2) is 23.3 Å². The number of benzene rings is 2. The molecule has 5 heteroatoms. The number of aliphatic hydroxyl groups excluding tert-OH is 1. The largest absolute Gasteiger partial charge is 0.387 e. The summed E-state index contributed by atoms with van der Waals surface area (Å²) in [6, 6.07) is 15.5. The molecule has 0 fully saturated rings. The van der Waals surface area contributed by atoms with Gasteiger partial charge >= 0.3 is 0 Å². The number of rotatable bonds is 7. The maximum atomic E-state index is 12.8. The molecule has 2 rings (SSSR count).